The molecule has 0 aromatic heterocycles. The lowest BCUT2D eigenvalue weighted by atomic mass is 9.99. The van der Waals surface area contributed by atoms with E-state index in [1.807, 2.05) is 0 Å². The second-order valence-electron chi connectivity index (χ2n) is 5.06. The molecule has 20 heavy (non-hydrogen) atoms. The minimum atomic E-state index is -3.18. The number of nitrogens with one attached hydrogen (secondary N) is 1. The van der Waals surface area contributed by atoms with Crippen molar-refractivity contribution in [3.8, 4) is 5.75 Å². The van der Waals surface area contributed by atoms with Gasteiger partial charge in [-0.15, -0.1) is 0 Å². The van der Waals surface area contributed by atoms with Crippen LogP contribution in [0.3, 0.4) is 0 Å². The molecule has 1 aromatic carbocycles. The monoisotopic (exact) mass is 301 g/mol. The van der Waals surface area contributed by atoms with Crippen LogP contribution in [-0.4, -0.2) is 33.6 Å². The summed E-state index contributed by atoms with van der Waals surface area (Å²) in [5.41, 5.74) is 0.378. The molecule has 1 aromatic rings. The second kappa shape index (κ2) is 6.10. The molecule has 0 saturated carbocycles. The summed E-state index contributed by atoms with van der Waals surface area (Å²) in [6.07, 6.45) is 2.12. The third-order valence-electron chi connectivity index (χ3n) is 3.85. The van der Waals surface area contributed by atoms with Crippen LogP contribution in [0.4, 0.5) is 4.39 Å². The van der Waals surface area contributed by atoms with Gasteiger partial charge in [0.1, 0.15) is 11.6 Å². The SMILES string of the molecule is CNC(c1ccc(OC)cc1F)C1CCCCS1(=O)=O. The molecule has 0 aliphatic carbocycles. The lowest BCUT2D eigenvalue weighted by Gasteiger charge is -2.30. The van der Waals surface area contributed by atoms with E-state index in [4.69, 9.17) is 4.74 Å². The zero-order valence-electron chi connectivity index (χ0n) is 11.7. The van der Waals surface area contributed by atoms with Crippen LogP contribution in [0.15, 0.2) is 18.2 Å². The fourth-order valence-electron chi connectivity index (χ4n) is 2.78. The molecule has 1 aliphatic heterocycles. The summed E-state index contributed by atoms with van der Waals surface area (Å²) < 4.78 is 43.5. The summed E-state index contributed by atoms with van der Waals surface area (Å²) in [5, 5.41) is 2.40. The van der Waals surface area contributed by atoms with Gasteiger partial charge in [0.2, 0.25) is 0 Å². The molecular formula is C14H20FNO3S. The number of hydrogen-bond acceptors (Lipinski definition) is 4. The molecule has 2 atom stereocenters. The fourth-order valence-corrected chi connectivity index (χ4v) is 4.91. The quantitative estimate of drug-likeness (QED) is 0.925. The highest BCUT2D eigenvalue weighted by atomic mass is 32.2. The average molecular weight is 301 g/mol. The fraction of sp³-hybridized carbons (Fsp3) is 0.571. The minimum absolute atomic E-state index is 0.188. The van der Waals surface area contributed by atoms with Crippen LogP contribution in [0.5, 0.6) is 5.75 Å². The van der Waals surface area contributed by atoms with E-state index in [1.165, 1.54) is 13.2 Å². The standard InChI is InChI=1S/C14H20FNO3S/c1-16-14(13-5-3-4-8-20(13,17)18)11-7-6-10(19-2)9-12(11)15/h6-7,9,13-14,16H,3-5,8H2,1-2H3. The van der Waals surface area contributed by atoms with E-state index in [9.17, 15) is 12.8 Å². The number of methoxy groups -OCH3 is 1. The van der Waals surface area contributed by atoms with Crippen molar-refractivity contribution < 1.29 is 17.5 Å². The molecule has 6 heteroatoms. The molecule has 4 nitrogen and oxygen atoms in total. The predicted octanol–water partition coefficient (Wildman–Crippen LogP) is 2.06. The Morgan fingerprint density at radius 3 is 2.70 bits per heavy atom. The Hall–Kier alpha value is -1.14. The van der Waals surface area contributed by atoms with Crippen molar-refractivity contribution in [3.05, 3.63) is 29.6 Å². The molecule has 2 rings (SSSR count). The number of sulfone groups is 1. The highest BCUT2D eigenvalue weighted by Crippen LogP contribution is 2.32. The van der Waals surface area contributed by atoms with Gasteiger partial charge in [0.05, 0.1) is 24.2 Å². The van der Waals surface area contributed by atoms with Crippen LogP contribution in [-0.2, 0) is 9.84 Å². The molecule has 2 unspecified atom stereocenters. The molecule has 1 fully saturated rings. The maximum atomic E-state index is 14.2. The van der Waals surface area contributed by atoms with Crippen molar-refractivity contribution in [2.75, 3.05) is 19.9 Å². The second-order valence-corrected chi connectivity index (χ2v) is 7.39. The van der Waals surface area contributed by atoms with E-state index in [0.717, 1.165) is 6.42 Å². The Bertz CT molecular complexity index is 574. The highest BCUT2D eigenvalue weighted by Gasteiger charge is 2.36. The van der Waals surface area contributed by atoms with Crippen molar-refractivity contribution in [2.24, 2.45) is 0 Å². The van der Waals surface area contributed by atoms with Crippen molar-refractivity contribution in [2.45, 2.75) is 30.6 Å². The van der Waals surface area contributed by atoms with Gasteiger partial charge in [-0.2, -0.15) is 0 Å². The van der Waals surface area contributed by atoms with Crippen molar-refractivity contribution in [3.63, 3.8) is 0 Å². The first-order valence-corrected chi connectivity index (χ1v) is 8.43. The van der Waals surface area contributed by atoms with Crippen molar-refractivity contribution in [1.29, 1.82) is 0 Å². The van der Waals surface area contributed by atoms with E-state index >= 15 is 0 Å². The van der Waals surface area contributed by atoms with Crippen molar-refractivity contribution in [1.82, 2.24) is 5.32 Å². The molecular weight excluding hydrogens is 281 g/mol. The molecule has 0 amide bonds. The Morgan fingerprint density at radius 2 is 2.15 bits per heavy atom. The average Bonchev–Trinajstić information content (AvgIpc) is 2.42. The number of halogens is 1. The maximum absolute atomic E-state index is 14.2. The van der Waals surface area contributed by atoms with Crippen LogP contribution in [0.1, 0.15) is 30.9 Å². The first-order chi connectivity index (χ1) is 9.49. The van der Waals surface area contributed by atoms with Gasteiger partial charge in [-0.1, -0.05) is 12.5 Å². The van der Waals surface area contributed by atoms with Crippen LogP contribution in [0, 0.1) is 5.82 Å². The van der Waals surface area contributed by atoms with Crippen LogP contribution in [0.25, 0.3) is 0 Å². The molecule has 1 aliphatic rings. The predicted molar refractivity (Wildman–Crippen MR) is 76.2 cm³/mol. The summed E-state index contributed by atoms with van der Waals surface area (Å²) in [7, 11) is -0.0429. The topological polar surface area (TPSA) is 55.4 Å². The van der Waals surface area contributed by atoms with Gasteiger partial charge in [-0.3, -0.25) is 0 Å². The summed E-state index contributed by atoms with van der Waals surface area (Å²) in [4.78, 5) is 0. The first kappa shape index (κ1) is 15.3. The molecule has 1 saturated heterocycles. The summed E-state index contributed by atoms with van der Waals surface area (Å²) >= 11 is 0. The smallest absolute Gasteiger partial charge is 0.155 e. The largest absolute Gasteiger partial charge is 0.497 e. The van der Waals surface area contributed by atoms with Crippen molar-refractivity contribution >= 4 is 9.84 Å². The minimum Gasteiger partial charge on any atom is -0.497 e. The van der Waals surface area contributed by atoms with Gasteiger partial charge in [0, 0.05) is 11.6 Å². The number of rotatable bonds is 4. The molecule has 1 N–H and O–H groups in total. The Balaban J connectivity index is 2.37. The van der Waals surface area contributed by atoms with Crippen LogP contribution >= 0.6 is 0 Å². The Kier molecular flexibility index (Phi) is 4.65. The van der Waals surface area contributed by atoms with E-state index in [1.54, 1.807) is 19.2 Å². The summed E-state index contributed by atoms with van der Waals surface area (Å²) in [6, 6.07) is 4.01. The highest BCUT2D eigenvalue weighted by molar-refractivity contribution is 7.92. The zero-order chi connectivity index (χ0) is 14.8. The van der Waals surface area contributed by atoms with Gasteiger partial charge in [0.25, 0.3) is 0 Å². The van der Waals surface area contributed by atoms with Crippen LogP contribution < -0.4 is 10.1 Å². The van der Waals surface area contributed by atoms with Gasteiger partial charge in [0.15, 0.2) is 9.84 Å². The van der Waals surface area contributed by atoms with E-state index in [-0.39, 0.29) is 5.75 Å². The van der Waals surface area contributed by atoms with Crippen LogP contribution in [0.2, 0.25) is 0 Å². The third-order valence-corrected chi connectivity index (χ3v) is 6.14. The van der Waals surface area contributed by atoms with E-state index in [0.29, 0.717) is 24.2 Å². The van der Waals surface area contributed by atoms with Gasteiger partial charge < -0.3 is 10.1 Å². The normalized spacial score (nSPS) is 23.2. The zero-order valence-corrected chi connectivity index (χ0v) is 12.5. The molecule has 0 spiro atoms. The van der Waals surface area contributed by atoms with Gasteiger partial charge in [-0.05, 0) is 26.0 Å². The Labute approximate surface area is 119 Å². The third kappa shape index (κ3) is 2.96. The van der Waals surface area contributed by atoms with E-state index < -0.39 is 26.9 Å². The van der Waals surface area contributed by atoms with E-state index in [2.05, 4.69) is 5.32 Å². The molecule has 1 heterocycles. The Morgan fingerprint density at radius 1 is 1.40 bits per heavy atom. The number of ether oxygens (including phenoxy) is 1. The number of benzene rings is 1. The molecule has 112 valence electrons. The van der Waals surface area contributed by atoms with Gasteiger partial charge in [-0.25, -0.2) is 12.8 Å². The number of hydrogen-bond donors (Lipinski definition) is 1. The first-order valence-electron chi connectivity index (χ1n) is 6.72. The maximum Gasteiger partial charge on any atom is 0.155 e. The molecule has 0 radical (unpaired) electrons. The molecule has 0 bridgehead atoms. The lowest BCUT2D eigenvalue weighted by molar-refractivity contribution is 0.408. The lowest BCUT2D eigenvalue weighted by Crippen LogP contribution is -2.39. The van der Waals surface area contributed by atoms with Gasteiger partial charge >= 0.3 is 0 Å². The summed E-state index contributed by atoms with van der Waals surface area (Å²) in [5.74, 6) is 0.172. The summed E-state index contributed by atoms with van der Waals surface area (Å²) in [6.45, 7) is 0.